The van der Waals surface area contributed by atoms with E-state index in [2.05, 4.69) is 29.4 Å². The predicted octanol–water partition coefficient (Wildman–Crippen LogP) is 1.83. The highest BCUT2D eigenvalue weighted by Gasteiger charge is 2.15. The van der Waals surface area contributed by atoms with Gasteiger partial charge >= 0.3 is 0 Å². The van der Waals surface area contributed by atoms with E-state index in [4.69, 9.17) is 5.73 Å². The third-order valence-electron chi connectivity index (χ3n) is 3.14. The van der Waals surface area contributed by atoms with E-state index in [1.807, 2.05) is 30.3 Å². The van der Waals surface area contributed by atoms with Gasteiger partial charge in [-0.15, -0.1) is 5.10 Å². The normalized spacial score (nSPS) is 12.8. The van der Waals surface area contributed by atoms with Crippen molar-refractivity contribution in [3.8, 4) is 5.69 Å². The SMILES string of the molecule is CC(C)CC(CN)Cc1nnnn1-c1ccccc1. The van der Waals surface area contributed by atoms with Crippen molar-refractivity contribution in [3.63, 3.8) is 0 Å². The van der Waals surface area contributed by atoms with Gasteiger partial charge in [0.15, 0.2) is 5.82 Å². The van der Waals surface area contributed by atoms with Crippen LogP contribution in [-0.4, -0.2) is 26.8 Å². The maximum absolute atomic E-state index is 5.85. The molecule has 102 valence electrons. The molecule has 0 fully saturated rings. The monoisotopic (exact) mass is 259 g/mol. The van der Waals surface area contributed by atoms with Gasteiger partial charge in [-0.25, -0.2) is 0 Å². The van der Waals surface area contributed by atoms with Crippen LogP contribution in [0.3, 0.4) is 0 Å². The third kappa shape index (κ3) is 3.61. The lowest BCUT2D eigenvalue weighted by Gasteiger charge is -2.16. The minimum absolute atomic E-state index is 0.425. The fourth-order valence-electron chi connectivity index (χ4n) is 2.29. The van der Waals surface area contributed by atoms with E-state index in [0.29, 0.717) is 18.4 Å². The van der Waals surface area contributed by atoms with Crippen LogP contribution in [0.15, 0.2) is 30.3 Å². The van der Waals surface area contributed by atoms with E-state index in [0.717, 1.165) is 24.4 Å². The lowest BCUT2D eigenvalue weighted by Crippen LogP contribution is -2.20. The average molecular weight is 259 g/mol. The standard InChI is InChI=1S/C14H21N5/c1-11(2)8-12(10-15)9-14-16-17-18-19(14)13-6-4-3-5-7-13/h3-7,11-12H,8-10,15H2,1-2H3. The first-order chi connectivity index (χ1) is 9.20. The quantitative estimate of drug-likeness (QED) is 0.859. The topological polar surface area (TPSA) is 69.6 Å². The van der Waals surface area contributed by atoms with Crippen molar-refractivity contribution < 1.29 is 0 Å². The van der Waals surface area contributed by atoms with Crippen LogP contribution in [0.5, 0.6) is 0 Å². The summed E-state index contributed by atoms with van der Waals surface area (Å²) in [6, 6.07) is 9.94. The van der Waals surface area contributed by atoms with Gasteiger partial charge in [-0.2, -0.15) is 4.68 Å². The first kappa shape index (κ1) is 13.7. The summed E-state index contributed by atoms with van der Waals surface area (Å²) < 4.78 is 1.79. The number of aromatic nitrogens is 4. The number of rotatable bonds is 6. The highest BCUT2D eigenvalue weighted by molar-refractivity contribution is 5.30. The maximum Gasteiger partial charge on any atom is 0.157 e. The van der Waals surface area contributed by atoms with Crippen molar-refractivity contribution in [3.05, 3.63) is 36.2 Å². The second-order valence-corrected chi connectivity index (χ2v) is 5.28. The lowest BCUT2D eigenvalue weighted by atomic mass is 9.94. The fraction of sp³-hybridized carbons (Fsp3) is 0.500. The summed E-state index contributed by atoms with van der Waals surface area (Å²) in [5.74, 6) is 1.94. The van der Waals surface area contributed by atoms with Crippen LogP contribution in [-0.2, 0) is 6.42 Å². The summed E-state index contributed by atoms with van der Waals surface area (Å²) >= 11 is 0. The smallest absolute Gasteiger partial charge is 0.157 e. The van der Waals surface area contributed by atoms with Crippen LogP contribution >= 0.6 is 0 Å². The largest absolute Gasteiger partial charge is 0.330 e. The van der Waals surface area contributed by atoms with Gasteiger partial charge in [0.1, 0.15) is 0 Å². The molecule has 1 atom stereocenters. The molecule has 0 aliphatic heterocycles. The Morgan fingerprint density at radius 3 is 2.58 bits per heavy atom. The fourth-order valence-corrected chi connectivity index (χ4v) is 2.29. The van der Waals surface area contributed by atoms with E-state index in [1.165, 1.54) is 0 Å². The summed E-state index contributed by atoms with van der Waals surface area (Å²) in [7, 11) is 0. The number of benzene rings is 1. The number of hydrogen-bond acceptors (Lipinski definition) is 4. The Balaban J connectivity index is 2.16. The molecule has 5 heteroatoms. The summed E-state index contributed by atoms with van der Waals surface area (Å²) in [4.78, 5) is 0. The first-order valence-corrected chi connectivity index (χ1v) is 6.73. The Bertz CT molecular complexity index is 492. The zero-order valence-electron chi connectivity index (χ0n) is 11.5. The van der Waals surface area contributed by atoms with Crippen molar-refractivity contribution in [2.45, 2.75) is 26.7 Å². The van der Waals surface area contributed by atoms with Gasteiger partial charge in [0, 0.05) is 6.42 Å². The van der Waals surface area contributed by atoms with Gasteiger partial charge in [0.25, 0.3) is 0 Å². The molecule has 0 aliphatic rings. The van der Waals surface area contributed by atoms with Crippen LogP contribution in [0, 0.1) is 11.8 Å². The van der Waals surface area contributed by atoms with E-state index < -0.39 is 0 Å². The van der Waals surface area contributed by atoms with E-state index in [1.54, 1.807) is 4.68 Å². The number of nitrogens with two attached hydrogens (primary N) is 1. The second-order valence-electron chi connectivity index (χ2n) is 5.28. The zero-order chi connectivity index (χ0) is 13.7. The molecule has 0 amide bonds. The molecular formula is C14H21N5. The molecule has 1 unspecified atom stereocenters. The molecular weight excluding hydrogens is 238 g/mol. The van der Waals surface area contributed by atoms with Gasteiger partial charge < -0.3 is 5.73 Å². The molecule has 0 saturated heterocycles. The molecule has 2 N–H and O–H groups in total. The average Bonchev–Trinajstić information content (AvgIpc) is 2.86. The van der Waals surface area contributed by atoms with Crippen LogP contribution < -0.4 is 5.73 Å². The third-order valence-corrected chi connectivity index (χ3v) is 3.14. The summed E-state index contributed by atoms with van der Waals surface area (Å²) in [5, 5.41) is 12.0. The van der Waals surface area contributed by atoms with Crippen LogP contribution in [0.25, 0.3) is 5.69 Å². The maximum atomic E-state index is 5.85. The van der Waals surface area contributed by atoms with E-state index in [9.17, 15) is 0 Å². The number of nitrogens with zero attached hydrogens (tertiary/aromatic N) is 4. The first-order valence-electron chi connectivity index (χ1n) is 6.73. The van der Waals surface area contributed by atoms with Crippen molar-refractivity contribution in [1.82, 2.24) is 20.2 Å². The molecule has 19 heavy (non-hydrogen) atoms. The molecule has 1 heterocycles. The van der Waals surface area contributed by atoms with Crippen molar-refractivity contribution in [2.75, 3.05) is 6.54 Å². The molecule has 5 nitrogen and oxygen atoms in total. The molecule has 2 aromatic rings. The van der Waals surface area contributed by atoms with Gasteiger partial charge in [0.2, 0.25) is 0 Å². The molecule has 0 bridgehead atoms. The Labute approximate surface area is 113 Å². The Morgan fingerprint density at radius 1 is 1.21 bits per heavy atom. The molecule has 2 rings (SSSR count). The highest BCUT2D eigenvalue weighted by atomic mass is 15.5. The van der Waals surface area contributed by atoms with Crippen molar-refractivity contribution in [1.29, 1.82) is 0 Å². The van der Waals surface area contributed by atoms with Gasteiger partial charge in [-0.1, -0.05) is 32.0 Å². The Kier molecular flexibility index (Phi) is 4.63. The number of hydrogen-bond donors (Lipinski definition) is 1. The van der Waals surface area contributed by atoms with Crippen molar-refractivity contribution in [2.24, 2.45) is 17.6 Å². The zero-order valence-corrected chi connectivity index (χ0v) is 11.5. The molecule has 1 aromatic heterocycles. The van der Waals surface area contributed by atoms with Gasteiger partial charge in [-0.05, 0) is 47.4 Å². The summed E-state index contributed by atoms with van der Waals surface area (Å²) in [6.07, 6.45) is 1.91. The summed E-state index contributed by atoms with van der Waals surface area (Å²) in [5.41, 5.74) is 6.84. The van der Waals surface area contributed by atoms with Gasteiger partial charge in [-0.3, -0.25) is 0 Å². The lowest BCUT2D eigenvalue weighted by molar-refractivity contribution is 0.406. The van der Waals surface area contributed by atoms with Crippen LogP contribution in [0.2, 0.25) is 0 Å². The minimum Gasteiger partial charge on any atom is -0.330 e. The molecule has 0 aliphatic carbocycles. The highest BCUT2D eigenvalue weighted by Crippen LogP contribution is 2.16. The summed E-state index contributed by atoms with van der Waals surface area (Å²) in [6.45, 7) is 5.09. The number of tetrazole rings is 1. The minimum atomic E-state index is 0.425. The molecule has 0 radical (unpaired) electrons. The van der Waals surface area contributed by atoms with Crippen LogP contribution in [0.1, 0.15) is 26.1 Å². The number of para-hydroxylation sites is 1. The van der Waals surface area contributed by atoms with Crippen molar-refractivity contribution >= 4 is 0 Å². The van der Waals surface area contributed by atoms with E-state index >= 15 is 0 Å². The van der Waals surface area contributed by atoms with Gasteiger partial charge in [0.05, 0.1) is 5.69 Å². The Hall–Kier alpha value is -1.75. The molecule has 1 aromatic carbocycles. The van der Waals surface area contributed by atoms with Crippen LogP contribution in [0.4, 0.5) is 0 Å². The second kappa shape index (κ2) is 6.43. The predicted molar refractivity (Wildman–Crippen MR) is 74.9 cm³/mol. The molecule has 0 saturated carbocycles. The van der Waals surface area contributed by atoms with E-state index in [-0.39, 0.29) is 0 Å². The molecule has 0 spiro atoms. The Morgan fingerprint density at radius 2 is 1.95 bits per heavy atom.